The number of aryl methyl sites for hydroxylation is 1. The number of hydrogen-bond donors (Lipinski definition) is 1. The summed E-state index contributed by atoms with van der Waals surface area (Å²) in [6.07, 6.45) is 5.59. The third-order valence-electron chi connectivity index (χ3n) is 4.49. The van der Waals surface area contributed by atoms with Crippen LogP contribution in [0.3, 0.4) is 0 Å². The van der Waals surface area contributed by atoms with Gasteiger partial charge in [0.25, 0.3) is 0 Å². The van der Waals surface area contributed by atoms with E-state index in [1.165, 1.54) is 18.4 Å². The fourth-order valence-corrected chi connectivity index (χ4v) is 3.63. The fraction of sp³-hybridized carbons (Fsp3) is 0.562. The monoisotopic (exact) mass is 260 g/mol. The number of hydrogen-bond acceptors (Lipinski definition) is 2. The summed E-state index contributed by atoms with van der Waals surface area (Å²) in [4.78, 5) is 11.1. The number of ether oxygens (including phenoxy) is 1. The van der Waals surface area contributed by atoms with Gasteiger partial charge in [0.05, 0.1) is 6.42 Å². The molecule has 1 fully saturated rings. The Morgan fingerprint density at radius 1 is 1.42 bits per heavy atom. The van der Waals surface area contributed by atoms with Crippen molar-refractivity contribution in [2.24, 2.45) is 0 Å². The minimum atomic E-state index is -0.715. The van der Waals surface area contributed by atoms with Gasteiger partial charge < -0.3 is 9.84 Å². The Morgan fingerprint density at radius 3 is 2.84 bits per heavy atom. The van der Waals surface area contributed by atoms with E-state index < -0.39 is 5.97 Å². The first-order valence-electron chi connectivity index (χ1n) is 7.09. The summed E-state index contributed by atoms with van der Waals surface area (Å²) in [6.45, 7) is 2.04. The molecule has 0 radical (unpaired) electrons. The van der Waals surface area contributed by atoms with Gasteiger partial charge >= 0.3 is 5.97 Å². The van der Waals surface area contributed by atoms with Gasteiger partial charge in [-0.2, -0.15) is 0 Å². The van der Waals surface area contributed by atoms with Gasteiger partial charge in [-0.15, -0.1) is 0 Å². The second-order valence-electron chi connectivity index (χ2n) is 6.03. The van der Waals surface area contributed by atoms with E-state index in [1.54, 1.807) is 0 Å². The fourth-order valence-electron chi connectivity index (χ4n) is 3.63. The van der Waals surface area contributed by atoms with Crippen molar-refractivity contribution in [1.29, 1.82) is 0 Å². The van der Waals surface area contributed by atoms with E-state index in [-0.39, 0.29) is 17.9 Å². The maximum atomic E-state index is 11.1. The van der Waals surface area contributed by atoms with Crippen molar-refractivity contribution in [1.82, 2.24) is 0 Å². The molecule has 3 nitrogen and oxygen atoms in total. The molecule has 0 saturated heterocycles. The molecule has 1 saturated carbocycles. The van der Waals surface area contributed by atoms with Crippen LogP contribution >= 0.6 is 0 Å². The van der Waals surface area contributed by atoms with Crippen LogP contribution in [-0.2, 0) is 4.79 Å². The standard InChI is InChI=1S/C16H20O3/c1-11-4-5-14-13(8-11)12(9-15(17)18)10-16(19-14)6-2-3-7-16/h4-5,8,12H,2-3,6-7,9-10H2,1H3,(H,17,18). The van der Waals surface area contributed by atoms with Crippen molar-refractivity contribution < 1.29 is 14.6 Å². The summed E-state index contributed by atoms with van der Waals surface area (Å²) in [5.41, 5.74) is 2.16. The summed E-state index contributed by atoms with van der Waals surface area (Å²) in [7, 11) is 0. The van der Waals surface area contributed by atoms with E-state index >= 15 is 0 Å². The first-order valence-corrected chi connectivity index (χ1v) is 7.09. The lowest BCUT2D eigenvalue weighted by Gasteiger charge is -2.39. The Morgan fingerprint density at radius 2 is 2.16 bits per heavy atom. The Hall–Kier alpha value is -1.51. The predicted molar refractivity (Wildman–Crippen MR) is 72.6 cm³/mol. The maximum Gasteiger partial charge on any atom is 0.303 e. The van der Waals surface area contributed by atoms with E-state index in [4.69, 9.17) is 9.84 Å². The predicted octanol–water partition coefficient (Wildman–Crippen LogP) is 3.65. The molecule has 1 aliphatic heterocycles. The topological polar surface area (TPSA) is 46.5 Å². The normalized spacial score (nSPS) is 23.9. The molecule has 0 amide bonds. The number of aliphatic carboxylic acids is 1. The number of carboxylic acid groups (broad SMARTS) is 1. The lowest BCUT2D eigenvalue weighted by Crippen LogP contribution is -2.38. The zero-order valence-electron chi connectivity index (χ0n) is 11.3. The van der Waals surface area contributed by atoms with Gasteiger partial charge in [-0.3, -0.25) is 4.79 Å². The highest BCUT2D eigenvalue weighted by Crippen LogP contribution is 2.49. The van der Waals surface area contributed by atoms with Crippen molar-refractivity contribution in [3.8, 4) is 5.75 Å². The SMILES string of the molecule is Cc1ccc2c(c1)C(CC(=O)O)CC1(CCCC1)O2. The summed E-state index contributed by atoms with van der Waals surface area (Å²) in [6, 6.07) is 6.15. The minimum absolute atomic E-state index is 0.0949. The van der Waals surface area contributed by atoms with Gasteiger partial charge in [-0.25, -0.2) is 0 Å². The van der Waals surface area contributed by atoms with E-state index in [0.717, 1.165) is 30.6 Å². The van der Waals surface area contributed by atoms with Crippen LogP contribution < -0.4 is 4.74 Å². The van der Waals surface area contributed by atoms with Crippen molar-refractivity contribution in [2.75, 3.05) is 0 Å². The quantitative estimate of drug-likeness (QED) is 0.883. The number of benzene rings is 1. The Bertz CT molecular complexity index is 501. The van der Waals surface area contributed by atoms with Gasteiger partial charge in [0.2, 0.25) is 0 Å². The average Bonchev–Trinajstić information content (AvgIpc) is 2.78. The molecule has 1 aromatic carbocycles. The number of carbonyl (C=O) groups is 1. The maximum absolute atomic E-state index is 11.1. The molecule has 1 N–H and O–H groups in total. The van der Waals surface area contributed by atoms with Crippen LogP contribution in [0.2, 0.25) is 0 Å². The van der Waals surface area contributed by atoms with Gasteiger partial charge in [-0.1, -0.05) is 17.7 Å². The second-order valence-corrected chi connectivity index (χ2v) is 6.03. The van der Waals surface area contributed by atoms with Crippen LogP contribution in [0, 0.1) is 6.92 Å². The Kier molecular flexibility index (Phi) is 3.00. The smallest absolute Gasteiger partial charge is 0.303 e. The molecule has 0 bridgehead atoms. The Balaban J connectivity index is 1.98. The highest BCUT2D eigenvalue weighted by atomic mass is 16.5. The van der Waals surface area contributed by atoms with Crippen molar-refractivity contribution in [3.63, 3.8) is 0 Å². The van der Waals surface area contributed by atoms with E-state index in [2.05, 4.69) is 6.07 Å². The lowest BCUT2D eigenvalue weighted by atomic mass is 9.79. The number of fused-ring (bicyclic) bond motifs is 1. The molecule has 1 atom stereocenters. The molecule has 1 aromatic rings. The van der Waals surface area contributed by atoms with Crippen LogP contribution in [0.5, 0.6) is 5.75 Å². The zero-order chi connectivity index (χ0) is 13.5. The molecular formula is C16H20O3. The van der Waals surface area contributed by atoms with Crippen LogP contribution in [0.4, 0.5) is 0 Å². The molecule has 1 heterocycles. The summed E-state index contributed by atoms with van der Waals surface area (Å²) >= 11 is 0. The highest BCUT2D eigenvalue weighted by molar-refractivity contribution is 5.68. The van der Waals surface area contributed by atoms with Crippen molar-refractivity contribution in [2.45, 2.75) is 57.0 Å². The number of carboxylic acids is 1. The Labute approximate surface area is 113 Å². The third-order valence-corrected chi connectivity index (χ3v) is 4.49. The van der Waals surface area contributed by atoms with E-state index in [0.29, 0.717) is 0 Å². The number of rotatable bonds is 2. The summed E-state index contributed by atoms with van der Waals surface area (Å²) in [5, 5.41) is 9.15. The van der Waals surface area contributed by atoms with Gasteiger partial charge in [-0.05, 0) is 50.7 Å². The molecule has 1 unspecified atom stereocenters. The van der Waals surface area contributed by atoms with Crippen LogP contribution in [0.15, 0.2) is 18.2 Å². The molecule has 1 spiro atoms. The molecule has 1 aliphatic carbocycles. The summed E-state index contributed by atoms with van der Waals surface area (Å²) < 4.78 is 6.25. The summed E-state index contributed by atoms with van der Waals surface area (Å²) in [5.74, 6) is 0.289. The van der Waals surface area contributed by atoms with Crippen molar-refractivity contribution >= 4 is 5.97 Å². The zero-order valence-corrected chi connectivity index (χ0v) is 11.3. The first kappa shape index (κ1) is 12.5. The molecule has 3 heteroatoms. The molecule has 2 aliphatic rings. The lowest BCUT2D eigenvalue weighted by molar-refractivity contribution is -0.137. The van der Waals surface area contributed by atoms with Gasteiger partial charge in [0.1, 0.15) is 11.4 Å². The van der Waals surface area contributed by atoms with Crippen LogP contribution in [-0.4, -0.2) is 16.7 Å². The van der Waals surface area contributed by atoms with E-state index in [9.17, 15) is 4.79 Å². The van der Waals surface area contributed by atoms with Gasteiger partial charge in [0, 0.05) is 5.92 Å². The molecular weight excluding hydrogens is 240 g/mol. The van der Waals surface area contributed by atoms with Gasteiger partial charge in [0.15, 0.2) is 0 Å². The average molecular weight is 260 g/mol. The molecule has 3 rings (SSSR count). The van der Waals surface area contributed by atoms with Crippen LogP contribution in [0.1, 0.15) is 55.6 Å². The molecule has 19 heavy (non-hydrogen) atoms. The first-order chi connectivity index (χ1) is 9.08. The highest BCUT2D eigenvalue weighted by Gasteiger charge is 2.43. The molecule has 0 aromatic heterocycles. The minimum Gasteiger partial charge on any atom is -0.487 e. The molecule has 102 valence electrons. The largest absolute Gasteiger partial charge is 0.487 e. The van der Waals surface area contributed by atoms with Crippen LogP contribution in [0.25, 0.3) is 0 Å². The second kappa shape index (κ2) is 4.55. The third kappa shape index (κ3) is 2.34. The van der Waals surface area contributed by atoms with E-state index in [1.807, 2.05) is 19.1 Å². The van der Waals surface area contributed by atoms with Crippen molar-refractivity contribution in [3.05, 3.63) is 29.3 Å².